The molecule has 1 aliphatic rings. The van der Waals surface area contributed by atoms with Gasteiger partial charge in [-0.25, -0.2) is 0 Å². The van der Waals surface area contributed by atoms with Crippen LogP contribution in [-0.4, -0.2) is 18.5 Å². The van der Waals surface area contributed by atoms with Gasteiger partial charge in [-0.15, -0.1) is 0 Å². The van der Waals surface area contributed by atoms with E-state index < -0.39 is 5.41 Å². The molecule has 0 aliphatic heterocycles. The molecule has 1 atom stereocenters. The fraction of sp³-hybridized carbons (Fsp3) is 0.516. The van der Waals surface area contributed by atoms with Crippen molar-refractivity contribution in [3.05, 3.63) is 77.9 Å². The second-order valence-electron chi connectivity index (χ2n) is 10.3. The van der Waals surface area contributed by atoms with Crippen molar-refractivity contribution in [1.29, 1.82) is 0 Å². The molecule has 0 bridgehead atoms. The van der Waals surface area contributed by atoms with E-state index in [2.05, 4.69) is 92.8 Å². The maximum Gasteiger partial charge on any atom is 0.226 e. The van der Waals surface area contributed by atoms with Crippen molar-refractivity contribution in [2.24, 2.45) is 23.0 Å². The van der Waals surface area contributed by atoms with E-state index in [1.807, 2.05) is 0 Å². The summed E-state index contributed by atoms with van der Waals surface area (Å²) in [4.78, 5) is 13.7. The fourth-order valence-electron chi connectivity index (χ4n) is 5.44. The maximum absolute atomic E-state index is 13.7. The van der Waals surface area contributed by atoms with E-state index in [1.54, 1.807) is 0 Å². The van der Waals surface area contributed by atoms with Crippen LogP contribution in [0.25, 0.3) is 5.57 Å². The number of hydrogen-bond donors (Lipinski definition) is 2. The van der Waals surface area contributed by atoms with Gasteiger partial charge in [-0.05, 0) is 86.4 Å². The zero-order chi connectivity index (χ0) is 24.4. The van der Waals surface area contributed by atoms with Crippen LogP contribution in [0.4, 0.5) is 0 Å². The number of hydrogen-bond acceptors (Lipinski definition) is 2. The second-order valence-corrected chi connectivity index (χ2v) is 10.3. The summed E-state index contributed by atoms with van der Waals surface area (Å²) in [5.74, 6) is 1.24. The minimum absolute atomic E-state index is 0.228. The van der Waals surface area contributed by atoms with Crippen molar-refractivity contribution >= 4 is 11.5 Å². The third-order valence-corrected chi connectivity index (χ3v) is 7.91. The summed E-state index contributed by atoms with van der Waals surface area (Å²) in [5.41, 5.74) is 9.34. The Balaban J connectivity index is 1.80. The molecule has 3 heteroatoms. The highest BCUT2D eigenvalue weighted by molar-refractivity contribution is 5.85. The number of rotatable bonds is 11. The minimum Gasteiger partial charge on any atom is -0.353 e. The first-order valence-electron chi connectivity index (χ1n) is 13.3. The number of nitrogens with two attached hydrogens (primary N) is 1. The first-order chi connectivity index (χ1) is 16.5. The summed E-state index contributed by atoms with van der Waals surface area (Å²) in [6.07, 6.45) is 10.2. The molecule has 0 aromatic heterocycles. The summed E-state index contributed by atoms with van der Waals surface area (Å²) < 4.78 is 0. The normalized spacial score (nSPS) is 20.1. The van der Waals surface area contributed by atoms with E-state index in [-0.39, 0.29) is 11.9 Å². The molecular weight excluding hydrogens is 416 g/mol. The van der Waals surface area contributed by atoms with Crippen molar-refractivity contribution < 1.29 is 4.79 Å². The van der Waals surface area contributed by atoms with E-state index in [0.29, 0.717) is 11.8 Å². The molecule has 1 aliphatic carbocycles. The highest BCUT2D eigenvalue weighted by Crippen LogP contribution is 2.39. The molecule has 1 saturated carbocycles. The molecule has 1 fully saturated rings. The van der Waals surface area contributed by atoms with Crippen LogP contribution in [0.1, 0.15) is 76.8 Å². The van der Waals surface area contributed by atoms with Gasteiger partial charge in [0.05, 0.1) is 5.41 Å². The Labute approximate surface area is 207 Å². The minimum atomic E-state index is -0.390. The van der Waals surface area contributed by atoms with Gasteiger partial charge in [0.2, 0.25) is 5.91 Å². The molecule has 34 heavy (non-hydrogen) atoms. The highest BCUT2D eigenvalue weighted by Gasteiger charge is 2.37. The molecule has 0 saturated heterocycles. The predicted molar refractivity (Wildman–Crippen MR) is 144 cm³/mol. The lowest BCUT2D eigenvalue weighted by Gasteiger charge is -2.35. The zero-order valence-electron chi connectivity index (χ0n) is 21.4. The van der Waals surface area contributed by atoms with Crippen LogP contribution in [0.3, 0.4) is 0 Å². The van der Waals surface area contributed by atoms with Gasteiger partial charge < -0.3 is 11.1 Å². The van der Waals surface area contributed by atoms with Crippen molar-refractivity contribution in [3.63, 3.8) is 0 Å². The van der Waals surface area contributed by atoms with Crippen LogP contribution in [0, 0.1) is 17.3 Å². The zero-order valence-corrected chi connectivity index (χ0v) is 21.4. The van der Waals surface area contributed by atoms with Gasteiger partial charge >= 0.3 is 0 Å². The topological polar surface area (TPSA) is 55.1 Å². The Morgan fingerprint density at radius 3 is 2.15 bits per heavy atom. The SMILES string of the molecule is CCC(CC)(C/C(=C/C(C)Cc1ccccc1)c1ccccc1)C(=O)N[C@H]1CC[C@H](CN)CC1. The van der Waals surface area contributed by atoms with E-state index >= 15 is 0 Å². The predicted octanol–water partition coefficient (Wildman–Crippen LogP) is 6.78. The first kappa shape index (κ1) is 26.2. The van der Waals surface area contributed by atoms with Crippen LogP contribution >= 0.6 is 0 Å². The molecule has 3 N–H and O–H groups in total. The number of amides is 1. The Kier molecular flexibility index (Phi) is 9.95. The lowest BCUT2D eigenvalue weighted by molar-refractivity contribution is -0.132. The van der Waals surface area contributed by atoms with E-state index in [4.69, 9.17) is 5.73 Å². The molecular formula is C31H44N2O. The molecule has 2 aromatic rings. The Bertz CT molecular complexity index is 894. The van der Waals surface area contributed by atoms with Crippen LogP contribution in [0.2, 0.25) is 0 Å². The highest BCUT2D eigenvalue weighted by atomic mass is 16.2. The fourth-order valence-corrected chi connectivity index (χ4v) is 5.44. The van der Waals surface area contributed by atoms with Crippen molar-refractivity contribution in [3.8, 4) is 0 Å². The van der Waals surface area contributed by atoms with E-state index in [9.17, 15) is 4.79 Å². The Morgan fingerprint density at radius 2 is 1.59 bits per heavy atom. The van der Waals surface area contributed by atoms with Crippen molar-refractivity contribution in [2.45, 2.75) is 78.2 Å². The van der Waals surface area contributed by atoms with Crippen LogP contribution < -0.4 is 11.1 Å². The lowest BCUT2D eigenvalue weighted by atomic mass is 9.73. The van der Waals surface area contributed by atoms with Crippen molar-refractivity contribution in [1.82, 2.24) is 5.32 Å². The Hall–Kier alpha value is -2.39. The molecule has 1 amide bonds. The van der Waals surface area contributed by atoms with Gasteiger partial charge in [0.25, 0.3) is 0 Å². The van der Waals surface area contributed by atoms with Crippen LogP contribution in [-0.2, 0) is 11.2 Å². The third-order valence-electron chi connectivity index (χ3n) is 7.91. The smallest absolute Gasteiger partial charge is 0.226 e. The van der Waals surface area contributed by atoms with Gasteiger partial charge in [0, 0.05) is 6.04 Å². The molecule has 1 unspecified atom stereocenters. The molecule has 0 radical (unpaired) electrons. The number of allylic oxidation sites excluding steroid dienone is 2. The number of nitrogens with one attached hydrogen (secondary N) is 1. The van der Waals surface area contributed by atoms with Crippen LogP contribution in [0.15, 0.2) is 66.7 Å². The van der Waals surface area contributed by atoms with Gasteiger partial charge in [-0.1, -0.05) is 87.5 Å². The van der Waals surface area contributed by atoms with E-state index in [0.717, 1.165) is 57.9 Å². The van der Waals surface area contributed by atoms with Crippen molar-refractivity contribution in [2.75, 3.05) is 6.54 Å². The summed E-state index contributed by atoms with van der Waals surface area (Å²) >= 11 is 0. The molecule has 0 heterocycles. The first-order valence-corrected chi connectivity index (χ1v) is 13.3. The molecule has 184 valence electrons. The summed E-state index contributed by atoms with van der Waals surface area (Å²) in [6.45, 7) is 7.39. The average Bonchev–Trinajstić information content (AvgIpc) is 2.88. The summed E-state index contributed by atoms with van der Waals surface area (Å²) in [5, 5.41) is 3.45. The molecule has 2 aromatic carbocycles. The summed E-state index contributed by atoms with van der Waals surface area (Å²) in [6, 6.07) is 21.6. The number of benzene rings is 2. The maximum atomic E-state index is 13.7. The van der Waals surface area contributed by atoms with Gasteiger partial charge in [-0.2, -0.15) is 0 Å². The van der Waals surface area contributed by atoms with Gasteiger partial charge in [-0.3, -0.25) is 4.79 Å². The third kappa shape index (κ3) is 7.06. The monoisotopic (exact) mass is 460 g/mol. The van der Waals surface area contributed by atoms with Gasteiger partial charge in [0.15, 0.2) is 0 Å². The van der Waals surface area contributed by atoms with Crippen LogP contribution in [0.5, 0.6) is 0 Å². The summed E-state index contributed by atoms with van der Waals surface area (Å²) in [7, 11) is 0. The standard InChI is InChI=1S/C31H44N2O/c1-4-31(5-2,30(34)33-29-18-16-26(23-32)17-19-29)22-28(27-14-10-7-11-15-27)21-24(3)20-25-12-8-6-9-13-25/h6-15,21,24,26,29H,4-5,16-20,22-23,32H2,1-3H3,(H,33,34)/b28-21-/t24?,26-,29-. The molecule has 3 rings (SSSR count). The lowest BCUT2D eigenvalue weighted by Crippen LogP contribution is -2.46. The average molecular weight is 461 g/mol. The second kappa shape index (κ2) is 12.9. The Morgan fingerprint density at radius 1 is 1.00 bits per heavy atom. The van der Waals surface area contributed by atoms with Gasteiger partial charge in [0.1, 0.15) is 0 Å². The molecule has 0 spiro atoms. The number of carbonyl (C=O) groups is 1. The largest absolute Gasteiger partial charge is 0.353 e. The quantitative estimate of drug-likeness (QED) is 0.388. The van der Waals surface area contributed by atoms with E-state index in [1.165, 1.54) is 16.7 Å². The molecule has 3 nitrogen and oxygen atoms in total. The number of carbonyl (C=O) groups excluding carboxylic acids is 1.